The van der Waals surface area contributed by atoms with Gasteiger partial charge in [0.1, 0.15) is 11.6 Å². The van der Waals surface area contributed by atoms with E-state index in [1.54, 1.807) is 16.8 Å². The Morgan fingerprint density at radius 2 is 1.96 bits per heavy atom. The van der Waals surface area contributed by atoms with E-state index in [9.17, 15) is 9.18 Å². The zero-order valence-electron chi connectivity index (χ0n) is 14.9. The number of amides is 1. The predicted octanol–water partition coefficient (Wildman–Crippen LogP) is 1.99. The minimum atomic E-state index is -0.375. The normalized spacial score (nSPS) is 14.5. The number of carbonyl (C=O) groups is 1. The first kappa shape index (κ1) is 17.7. The zero-order chi connectivity index (χ0) is 18.8. The third-order valence-electron chi connectivity index (χ3n) is 4.35. The molecule has 0 atom stereocenters. The van der Waals surface area contributed by atoms with Gasteiger partial charge in [-0.1, -0.05) is 12.1 Å². The van der Waals surface area contributed by atoms with E-state index in [1.165, 1.54) is 12.1 Å². The molecule has 1 aliphatic rings. The number of nitrogens with zero attached hydrogens (tertiary/aromatic N) is 5. The molecule has 1 fully saturated rings. The molecular weight excluding hydrogens is 367 g/mol. The zero-order valence-corrected chi connectivity index (χ0v) is 15.7. The number of aromatic nitrogens is 4. The van der Waals surface area contributed by atoms with Gasteiger partial charge in [-0.15, -0.1) is 0 Å². The highest BCUT2D eigenvalue weighted by Gasteiger charge is 2.21. The minimum Gasteiger partial charge on any atom is -0.354 e. The maximum Gasteiger partial charge on any atom is 0.289 e. The molecule has 9 heteroatoms. The molecule has 0 saturated carbocycles. The Balaban J connectivity index is 1.60. The number of fused-ring (bicyclic) bond motifs is 1. The quantitative estimate of drug-likeness (QED) is 0.739. The van der Waals surface area contributed by atoms with Crippen molar-refractivity contribution in [2.45, 2.75) is 6.54 Å². The van der Waals surface area contributed by atoms with Crippen molar-refractivity contribution in [3.8, 4) is 0 Å². The molecule has 3 aromatic rings. The number of hydrogen-bond acceptors (Lipinski definition) is 6. The Morgan fingerprint density at radius 1 is 1.22 bits per heavy atom. The van der Waals surface area contributed by atoms with E-state index >= 15 is 0 Å². The van der Waals surface area contributed by atoms with Crippen molar-refractivity contribution in [1.29, 1.82) is 0 Å². The smallest absolute Gasteiger partial charge is 0.289 e. The van der Waals surface area contributed by atoms with Crippen molar-refractivity contribution < 1.29 is 9.18 Å². The Labute approximate surface area is 160 Å². The maximum atomic E-state index is 13.0. The summed E-state index contributed by atoms with van der Waals surface area (Å²) in [6.07, 6.45) is 1.88. The van der Waals surface area contributed by atoms with Crippen LogP contribution in [0.3, 0.4) is 0 Å². The summed E-state index contributed by atoms with van der Waals surface area (Å²) in [5.74, 6) is 2.21. The number of rotatable bonds is 4. The second-order valence-corrected chi connectivity index (χ2v) is 7.54. The fraction of sp³-hybridized carbons (Fsp3) is 0.333. The van der Waals surface area contributed by atoms with Gasteiger partial charge in [0.2, 0.25) is 5.82 Å². The average molecular weight is 386 g/mol. The molecular formula is C18H19FN6OS. The van der Waals surface area contributed by atoms with E-state index in [2.05, 4.69) is 25.3 Å². The molecule has 0 bridgehead atoms. The van der Waals surface area contributed by atoms with Crippen LogP contribution in [-0.4, -0.2) is 50.3 Å². The molecule has 1 amide bonds. The molecule has 1 aliphatic heterocycles. The number of nitrogens with one attached hydrogen (secondary N) is 1. The summed E-state index contributed by atoms with van der Waals surface area (Å²) in [6.45, 7) is 2.03. The number of anilines is 1. The lowest BCUT2D eigenvalue weighted by molar-refractivity contribution is 0.0941. The molecule has 27 heavy (non-hydrogen) atoms. The lowest BCUT2D eigenvalue weighted by Crippen LogP contribution is -2.34. The van der Waals surface area contributed by atoms with E-state index in [4.69, 9.17) is 0 Å². The summed E-state index contributed by atoms with van der Waals surface area (Å²) in [4.78, 5) is 23.7. The molecule has 0 radical (unpaired) electrons. The van der Waals surface area contributed by atoms with Crippen molar-refractivity contribution in [2.24, 2.45) is 7.05 Å². The average Bonchev–Trinajstić information content (AvgIpc) is 3.07. The summed E-state index contributed by atoms with van der Waals surface area (Å²) < 4.78 is 14.7. The number of hydrogen-bond donors (Lipinski definition) is 1. The van der Waals surface area contributed by atoms with Crippen LogP contribution in [0.4, 0.5) is 10.2 Å². The molecule has 140 valence electrons. The Kier molecular flexibility index (Phi) is 4.93. The van der Waals surface area contributed by atoms with Crippen molar-refractivity contribution in [2.75, 3.05) is 29.5 Å². The minimum absolute atomic E-state index is 0.0940. The van der Waals surface area contributed by atoms with Gasteiger partial charge in [-0.05, 0) is 17.7 Å². The van der Waals surface area contributed by atoms with Crippen LogP contribution in [0.15, 0.2) is 30.5 Å². The molecule has 7 nitrogen and oxygen atoms in total. The summed E-state index contributed by atoms with van der Waals surface area (Å²) in [7, 11) is 1.83. The topological polar surface area (TPSA) is 75.9 Å². The Morgan fingerprint density at radius 3 is 2.70 bits per heavy atom. The number of aryl methyl sites for hydroxylation is 1. The van der Waals surface area contributed by atoms with Crippen LogP contribution in [-0.2, 0) is 13.6 Å². The summed E-state index contributed by atoms with van der Waals surface area (Å²) in [5, 5.41) is 7.99. The molecule has 1 saturated heterocycles. The van der Waals surface area contributed by atoms with Crippen molar-refractivity contribution in [3.63, 3.8) is 0 Å². The van der Waals surface area contributed by atoms with Crippen molar-refractivity contribution in [1.82, 2.24) is 25.1 Å². The Bertz CT molecular complexity index is 968. The molecule has 0 spiro atoms. The van der Waals surface area contributed by atoms with Gasteiger partial charge >= 0.3 is 0 Å². The first-order chi connectivity index (χ1) is 13.1. The molecule has 3 heterocycles. The number of carbonyl (C=O) groups excluding carboxylic acids is 1. The molecule has 1 N–H and O–H groups in total. The monoisotopic (exact) mass is 386 g/mol. The third kappa shape index (κ3) is 3.87. The van der Waals surface area contributed by atoms with Crippen LogP contribution in [0.5, 0.6) is 0 Å². The van der Waals surface area contributed by atoms with E-state index < -0.39 is 0 Å². The molecule has 1 aromatic carbocycles. The van der Waals surface area contributed by atoms with Gasteiger partial charge in [-0.3, -0.25) is 9.48 Å². The molecule has 2 aromatic heterocycles. The van der Waals surface area contributed by atoms with Crippen LogP contribution in [0.25, 0.3) is 11.0 Å². The van der Waals surface area contributed by atoms with Crippen LogP contribution in [0.1, 0.15) is 16.2 Å². The van der Waals surface area contributed by atoms with Gasteiger partial charge in [0, 0.05) is 44.4 Å². The SMILES string of the molecule is Cn1cc2c(N3CCSCC3)nc(C(=O)NCc3ccc(F)cc3)nc2n1. The third-order valence-corrected chi connectivity index (χ3v) is 5.30. The van der Waals surface area contributed by atoms with Crippen molar-refractivity contribution in [3.05, 3.63) is 47.7 Å². The second-order valence-electron chi connectivity index (χ2n) is 6.32. The Hall–Kier alpha value is -2.68. The fourth-order valence-corrected chi connectivity index (χ4v) is 3.89. The van der Waals surface area contributed by atoms with Gasteiger partial charge in [0.25, 0.3) is 5.91 Å². The van der Waals surface area contributed by atoms with Gasteiger partial charge in [0.05, 0.1) is 5.39 Å². The lowest BCUT2D eigenvalue weighted by atomic mass is 10.2. The predicted molar refractivity (Wildman–Crippen MR) is 103 cm³/mol. The highest BCUT2D eigenvalue weighted by atomic mass is 32.2. The van der Waals surface area contributed by atoms with Gasteiger partial charge in [0.15, 0.2) is 5.65 Å². The van der Waals surface area contributed by atoms with Gasteiger partial charge < -0.3 is 10.2 Å². The van der Waals surface area contributed by atoms with Crippen LogP contribution in [0.2, 0.25) is 0 Å². The van der Waals surface area contributed by atoms with Gasteiger partial charge in [-0.25, -0.2) is 14.4 Å². The fourth-order valence-electron chi connectivity index (χ4n) is 2.98. The first-order valence-corrected chi connectivity index (χ1v) is 9.82. The van der Waals surface area contributed by atoms with E-state index in [1.807, 2.05) is 25.0 Å². The highest BCUT2D eigenvalue weighted by Crippen LogP contribution is 2.25. The summed E-state index contributed by atoms with van der Waals surface area (Å²) >= 11 is 1.91. The summed E-state index contributed by atoms with van der Waals surface area (Å²) in [5.41, 5.74) is 1.31. The van der Waals surface area contributed by atoms with E-state index in [-0.39, 0.29) is 24.1 Å². The first-order valence-electron chi connectivity index (χ1n) is 8.67. The van der Waals surface area contributed by atoms with E-state index in [0.717, 1.165) is 41.4 Å². The molecule has 0 aliphatic carbocycles. The highest BCUT2D eigenvalue weighted by molar-refractivity contribution is 7.99. The van der Waals surface area contributed by atoms with E-state index in [0.29, 0.717) is 5.65 Å². The lowest BCUT2D eigenvalue weighted by Gasteiger charge is -2.27. The van der Waals surface area contributed by atoms with Crippen LogP contribution in [0, 0.1) is 5.82 Å². The number of halogens is 1. The second kappa shape index (κ2) is 7.51. The number of thioether (sulfide) groups is 1. The summed E-state index contributed by atoms with van der Waals surface area (Å²) in [6, 6.07) is 6.00. The van der Waals surface area contributed by atoms with Crippen LogP contribution < -0.4 is 10.2 Å². The molecule has 0 unspecified atom stereocenters. The van der Waals surface area contributed by atoms with Crippen LogP contribution >= 0.6 is 11.8 Å². The van der Waals surface area contributed by atoms with Gasteiger partial charge in [-0.2, -0.15) is 16.9 Å². The maximum absolute atomic E-state index is 13.0. The van der Waals surface area contributed by atoms with Crippen molar-refractivity contribution >= 4 is 34.5 Å². The molecule has 4 rings (SSSR count). The number of benzene rings is 1. The largest absolute Gasteiger partial charge is 0.354 e. The standard InChI is InChI=1S/C18H19FN6OS/c1-24-11-14-15(23-24)21-16(22-17(14)25-6-8-27-9-7-25)18(26)20-10-12-2-4-13(19)5-3-12/h2-5,11H,6-10H2,1H3,(H,20,26).